The van der Waals surface area contributed by atoms with Gasteiger partial charge in [0.25, 0.3) is 10.0 Å². The van der Waals surface area contributed by atoms with Gasteiger partial charge in [-0.3, -0.25) is 0 Å². The predicted octanol–water partition coefficient (Wildman–Crippen LogP) is 4.04. The molecule has 2 aromatic carbocycles. The van der Waals surface area contributed by atoms with Crippen molar-refractivity contribution in [1.29, 1.82) is 0 Å². The zero-order valence-corrected chi connectivity index (χ0v) is 16.7. The lowest BCUT2D eigenvalue weighted by Gasteiger charge is -2.30. The van der Waals surface area contributed by atoms with Gasteiger partial charge >= 0.3 is 0 Å². The summed E-state index contributed by atoms with van der Waals surface area (Å²) in [5.41, 5.74) is 1.41. The first-order valence-corrected chi connectivity index (χ1v) is 10.8. The molecule has 0 amide bonds. The highest BCUT2D eigenvalue weighted by molar-refractivity contribution is 7.90. The number of hydrogen-bond donors (Lipinski definition) is 1. The number of benzene rings is 2. The Kier molecular flexibility index (Phi) is 4.88. The summed E-state index contributed by atoms with van der Waals surface area (Å²) in [5, 5.41) is 4.75. The van der Waals surface area contributed by atoms with E-state index in [4.69, 9.17) is 11.6 Å². The number of nitrogens with one attached hydrogen (secondary N) is 1. The Morgan fingerprint density at radius 2 is 1.81 bits per heavy atom. The average Bonchev–Trinajstić information content (AvgIpc) is 3.10. The molecule has 1 aromatic heterocycles. The molecule has 1 saturated heterocycles. The van der Waals surface area contributed by atoms with Crippen molar-refractivity contribution in [2.45, 2.75) is 23.8 Å². The minimum Gasteiger partial charge on any atom is -0.382 e. The zero-order valence-electron chi connectivity index (χ0n) is 15.1. The Morgan fingerprint density at radius 3 is 2.59 bits per heavy atom. The third-order valence-electron chi connectivity index (χ3n) is 5.12. The van der Waals surface area contributed by atoms with Gasteiger partial charge in [-0.25, -0.2) is 12.4 Å². The first kappa shape index (κ1) is 18.3. The minimum atomic E-state index is -3.70. The van der Waals surface area contributed by atoms with Gasteiger partial charge < -0.3 is 10.2 Å². The second-order valence-electron chi connectivity index (χ2n) is 7.04. The summed E-state index contributed by atoms with van der Waals surface area (Å²) in [7, 11) is -1.58. The van der Waals surface area contributed by atoms with Gasteiger partial charge in [0.05, 0.1) is 10.4 Å². The van der Waals surface area contributed by atoms with E-state index in [-0.39, 0.29) is 4.90 Å². The molecule has 1 fully saturated rings. The highest BCUT2D eigenvalue weighted by Crippen LogP contribution is 2.28. The van der Waals surface area contributed by atoms with Gasteiger partial charge in [-0.15, -0.1) is 0 Å². The van der Waals surface area contributed by atoms with Gasteiger partial charge in [-0.05, 0) is 69.4 Å². The Bertz CT molecular complexity index is 1070. The van der Waals surface area contributed by atoms with Gasteiger partial charge in [0, 0.05) is 28.3 Å². The van der Waals surface area contributed by atoms with Crippen LogP contribution in [0.25, 0.3) is 10.9 Å². The fraction of sp³-hybridized carbons (Fsp3) is 0.300. The number of fused-ring (bicyclic) bond motifs is 1. The maximum absolute atomic E-state index is 13.2. The lowest BCUT2D eigenvalue weighted by Crippen LogP contribution is -2.36. The van der Waals surface area contributed by atoms with Crippen LogP contribution in [0.3, 0.4) is 0 Å². The maximum Gasteiger partial charge on any atom is 0.268 e. The third-order valence-corrected chi connectivity index (χ3v) is 7.14. The topological polar surface area (TPSA) is 54.3 Å². The first-order valence-electron chi connectivity index (χ1n) is 9.01. The molecule has 0 saturated carbocycles. The summed E-state index contributed by atoms with van der Waals surface area (Å²) in [6.45, 7) is 2.09. The average molecular weight is 404 g/mol. The smallest absolute Gasteiger partial charge is 0.268 e. The van der Waals surface area contributed by atoms with Crippen LogP contribution in [-0.2, 0) is 10.0 Å². The summed E-state index contributed by atoms with van der Waals surface area (Å²) in [4.78, 5) is 2.57. The van der Waals surface area contributed by atoms with Crippen molar-refractivity contribution < 1.29 is 8.42 Å². The number of rotatable bonds is 4. The predicted molar refractivity (Wildman–Crippen MR) is 110 cm³/mol. The molecule has 2 heterocycles. The van der Waals surface area contributed by atoms with E-state index in [2.05, 4.69) is 17.3 Å². The van der Waals surface area contributed by atoms with Crippen molar-refractivity contribution in [1.82, 2.24) is 8.87 Å². The second-order valence-corrected chi connectivity index (χ2v) is 9.26. The normalized spacial score (nSPS) is 16.7. The SMILES string of the molecule is CN1CCC(Nc2cccc(S(=O)(=O)n3ccc4c(Cl)cccc43)c2)CC1. The third kappa shape index (κ3) is 3.57. The summed E-state index contributed by atoms with van der Waals surface area (Å²) in [6, 6.07) is 14.4. The molecule has 3 aromatic rings. The van der Waals surface area contributed by atoms with E-state index in [9.17, 15) is 8.42 Å². The summed E-state index contributed by atoms with van der Waals surface area (Å²) < 4.78 is 27.7. The summed E-state index contributed by atoms with van der Waals surface area (Å²) in [5.74, 6) is 0. The molecule has 0 radical (unpaired) electrons. The molecular weight excluding hydrogens is 382 g/mol. The van der Waals surface area contributed by atoms with Gasteiger partial charge in [-0.2, -0.15) is 0 Å². The van der Waals surface area contributed by atoms with Crippen LogP contribution in [0.4, 0.5) is 5.69 Å². The van der Waals surface area contributed by atoms with E-state index in [1.807, 2.05) is 6.07 Å². The molecule has 0 spiro atoms. The molecule has 7 heteroatoms. The van der Waals surface area contributed by atoms with Crippen molar-refractivity contribution in [3.63, 3.8) is 0 Å². The van der Waals surface area contributed by atoms with Crippen molar-refractivity contribution in [2.75, 3.05) is 25.5 Å². The molecule has 4 rings (SSSR count). The fourth-order valence-electron chi connectivity index (χ4n) is 3.56. The lowest BCUT2D eigenvalue weighted by atomic mass is 10.1. The molecule has 1 N–H and O–H groups in total. The van der Waals surface area contributed by atoms with Crippen LogP contribution < -0.4 is 5.32 Å². The molecular formula is C20H22ClN3O2S. The number of halogens is 1. The van der Waals surface area contributed by atoms with Gasteiger partial charge in [0.15, 0.2) is 0 Å². The van der Waals surface area contributed by atoms with E-state index in [1.165, 1.54) is 3.97 Å². The molecule has 1 aliphatic heterocycles. The maximum atomic E-state index is 13.2. The fourth-order valence-corrected chi connectivity index (χ4v) is 5.19. The van der Waals surface area contributed by atoms with Crippen LogP contribution in [0, 0.1) is 0 Å². The number of anilines is 1. The summed E-state index contributed by atoms with van der Waals surface area (Å²) >= 11 is 6.19. The summed E-state index contributed by atoms with van der Waals surface area (Å²) in [6.07, 6.45) is 3.66. The Hall–Kier alpha value is -2.02. The van der Waals surface area contributed by atoms with Crippen LogP contribution in [0.2, 0.25) is 5.02 Å². The van der Waals surface area contributed by atoms with E-state index in [0.717, 1.165) is 37.0 Å². The van der Waals surface area contributed by atoms with Crippen molar-refractivity contribution in [3.05, 3.63) is 59.8 Å². The molecule has 27 heavy (non-hydrogen) atoms. The second kappa shape index (κ2) is 7.19. The number of hydrogen-bond acceptors (Lipinski definition) is 4. The number of nitrogens with zero attached hydrogens (tertiary/aromatic N) is 2. The Labute approximate surface area is 164 Å². The number of aromatic nitrogens is 1. The Balaban J connectivity index is 1.65. The zero-order chi connectivity index (χ0) is 19.0. The van der Waals surface area contributed by atoms with Gasteiger partial charge in [0.2, 0.25) is 0 Å². The highest BCUT2D eigenvalue weighted by atomic mass is 35.5. The quantitative estimate of drug-likeness (QED) is 0.714. The number of piperidine rings is 1. The van der Waals surface area contributed by atoms with Crippen LogP contribution in [0.15, 0.2) is 59.6 Å². The highest BCUT2D eigenvalue weighted by Gasteiger charge is 2.21. The van der Waals surface area contributed by atoms with Crippen molar-refractivity contribution in [2.24, 2.45) is 0 Å². The standard InChI is InChI=1S/C20H22ClN3O2S/c1-23-11-8-15(9-12-23)22-16-4-2-5-17(14-16)27(25,26)24-13-10-18-19(21)6-3-7-20(18)24/h2-7,10,13-15,22H,8-9,11-12H2,1H3. The van der Waals surface area contributed by atoms with Crippen LogP contribution in [0.1, 0.15) is 12.8 Å². The molecule has 0 aliphatic carbocycles. The molecule has 5 nitrogen and oxygen atoms in total. The molecule has 142 valence electrons. The van der Waals surface area contributed by atoms with Gasteiger partial charge in [-0.1, -0.05) is 23.7 Å². The van der Waals surface area contributed by atoms with Crippen molar-refractivity contribution >= 4 is 38.2 Å². The molecule has 0 bridgehead atoms. The monoisotopic (exact) mass is 403 g/mol. The minimum absolute atomic E-state index is 0.262. The largest absolute Gasteiger partial charge is 0.382 e. The van der Waals surface area contributed by atoms with E-state index < -0.39 is 10.0 Å². The van der Waals surface area contributed by atoms with Gasteiger partial charge in [0.1, 0.15) is 0 Å². The molecule has 0 atom stereocenters. The van der Waals surface area contributed by atoms with Crippen LogP contribution in [-0.4, -0.2) is 43.5 Å². The number of likely N-dealkylation sites (tertiary alicyclic amines) is 1. The van der Waals surface area contributed by atoms with E-state index >= 15 is 0 Å². The first-order chi connectivity index (χ1) is 12.9. The van der Waals surface area contributed by atoms with E-state index in [0.29, 0.717) is 16.6 Å². The van der Waals surface area contributed by atoms with Crippen molar-refractivity contribution in [3.8, 4) is 0 Å². The lowest BCUT2D eigenvalue weighted by molar-refractivity contribution is 0.264. The van der Waals surface area contributed by atoms with E-state index in [1.54, 1.807) is 48.7 Å². The Morgan fingerprint density at radius 1 is 1.07 bits per heavy atom. The molecule has 1 aliphatic rings. The van der Waals surface area contributed by atoms with Crippen LogP contribution in [0.5, 0.6) is 0 Å². The van der Waals surface area contributed by atoms with Crippen LogP contribution >= 0.6 is 11.6 Å². The molecule has 0 unspecified atom stereocenters.